The van der Waals surface area contributed by atoms with Crippen LogP contribution in [0.5, 0.6) is 11.5 Å². The number of aldehydes is 1. The Morgan fingerprint density at radius 2 is 2.06 bits per heavy atom. The van der Waals surface area contributed by atoms with Gasteiger partial charge in [0.15, 0.2) is 6.29 Å². The van der Waals surface area contributed by atoms with E-state index in [0.29, 0.717) is 12.0 Å². The normalized spacial score (nSPS) is 15.2. The molecule has 4 heteroatoms. The maximum atomic E-state index is 10.7. The first kappa shape index (κ1) is 10.8. The molecule has 1 aromatic carbocycles. The Bertz CT molecular complexity index is 397. The topological polar surface area (TPSA) is 49.8 Å². The van der Waals surface area contributed by atoms with E-state index >= 15 is 0 Å². The number of rotatable bonds is 3. The molecule has 86 valence electrons. The highest BCUT2D eigenvalue weighted by molar-refractivity contribution is 5.83. The van der Waals surface area contributed by atoms with Crippen molar-refractivity contribution in [2.75, 3.05) is 25.1 Å². The fraction of sp³-hybridized carbons (Fsp3) is 0.417. The van der Waals surface area contributed by atoms with Crippen LogP contribution in [0.25, 0.3) is 0 Å². The standard InChI is InChI=1S/C12H15NO3/c1-16-12-6-9(8-14)11(15)7-10(12)13-4-2-3-5-13/h6-8,15H,2-5H2,1H3. The van der Waals surface area contributed by atoms with Crippen LogP contribution < -0.4 is 9.64 Å². The minimum atomic E-state index is 0.0118. The second kappa shape index (κ2) is 4.43. The van der Waals surface area contributed by atoms with Crippen molar-refractivity contribution < 1.29 is 14.6 Å². The lowest BCUT2D eigenvalue weighted by atomic mass is 10.1. The summed E-state index contributed by atoms with van der Waals surface area (Å²) in [5.74, 6) is 0.652. The van der Waals surface area contributed by atoms with Gasteiger partial charge >= 0.3 is 0 Å². The third kappa shape index (κ3) is 1.83. The lowest BCUT2D eigenvalue weighted by Gasteiger charge is -2.21. The van der Waals surface area contributed by atoms with Crippen LogP contribution in [0.3, 0.4) is 0 Å². The SMILES string of the molecule is COc1cc(C=O)c(O)cc1N1CCCC1. The quantitative estimate of drug-likeness (QED) is 0.791. The van der Waals surface area contributed by atoms with E-state index in [-0.39, 0.29) is 11.3 Å². The number of nitrogens with zero attached hydrogens (tertiary/aromatic N) is 1. The van der Waals surface area contributed by atoms with Gasteiger partial charge in [-0.2, -0.15) is 0 Å². The Balaban J connectivity index is 2.42. The van der Waals surface area contributed by atoms with Gasteiger partial charge in [0.25, 0.3) is 0 Å². The first-order valence-corrected chi connectivity index (χ1v) is 5.37. The Morgan fingerprint density at radius 1 is 1.38 bits per heavy atom. The predicted molar refractivity (Wildman–Crippen MR) is 61.5 cm³/mol. The second-order valence-corrected chi connectivity index (χ2v) is 3.89. The first-order valence-electron chi connectivity index (χ1n) is 5.37. The third-order valence-corrected chi connectivity index (χ3v) is 2.90. The van der Waals surface area contributed by atoms with E-state index < -0.39 is 0 Å². The number of phenols is 1. The van der Waals surface area contributed by atoms with Crippen LogP contribution in [-0.4, -0.2) is 31.6 Å². The van der Waals surface area contributed by atoms with Crippen LogP contribution in [0.2, 0.25) is 0 Å². The molecule has 1 fully saturated rings. The lowest BCUT2D eigenvalue weighted by Crippen LogP contribution is -2.18. The van der Waals surface area contributed by atoms with E-state index in [2.05, 4.69) is 4.90 Å². The zero-order valence-electron chi connectivity index (χ0n) is 9.27. The minimum absolute atomic E-state index is 0.0118. The molecule has 1 aliphatic heterocycles. The van der Waals surface area contributed by atoms with E-state index in [1.165, 1.54) is 0 Å². The highest BCUT2D eigenvalue weighted by Gasteiger charge is 2.18. The number of anilines is 1. The molecule has 0 bridgehead atoms. The van der Waals surface area contributed by atoms with Crippen molar-refractivity contribution in [3.8, 4) is 11.5 Å². The average Bonchev–Trinajstić information content (AvgIpc) is 2.82. The molecule has 4 nitrogen and oxygen atoms in total. The molecule has 16 heavy (non-hydrogen) atoms. The fourth-order valence-corrected chi connectivity index (χ4v) is 2.04. The molecule has 1 heterocycles. The summed E-state index contributed by atoms with van der Waals surface area (Å²) in [6.45, 7) is 1.94. The van der Waals surface area contributed by atoms with Gasteiger partial charge in [-0.1, -0.05) is 0 Å². The van der Waals surface area contributed by atoms with Gasteiger partial charge in [-0.15, -0.1) is 0 Å². The molecule has 0 aromatic heterocycles. The molecule has 0 atom stereocenters. The van der Waals surface area contributed by atoms with Crippen LogP contribution >= 0.6 is 0 Å². The molecule has 0 amide bonds. The van der Waals surface area contributed by atoms with Crippen molar-refractivity contribution >= 4 is 12.0 Å². The van der Waals surface area contributed by atoms with Crippen LogP contribution in [0.1, 0.15) is 23.2 Å². The summed E-state index contributed by atoms with van der Waals surface area (Å²) in [7, 11) is 1.57. The van der Waals surface area contributed by atoms with Crippen molar-refractivity contribution in [2.45, 2.75) is 12.8 Å². The molecule has 1 aromatic rings. The predicted octanol–water partition coefficient (Wildman–Crippen LogP) is 1.81. The fourth-order valence-electron chi connectivity index (χ4n) is 2.04. The van der Waals surface area contributed by atoms with Gasteiger partial charge in [-0.05, 0) is 18.9 Å². The average molecular weight is 221 g/mol. The van der Waals surface area contributed by atoms with Gasteiger partial charge in [0.2, 0.25) is 0 Å². The van der Waals surface area contributed by atoms with Crippen LogP contribution in [0, 0.1) is 0 Å². The molecule has 0 unspecified atom stereocenters. The van der Waals surface area contributed by atoms with Crippen molar-refractivity contribution in [2.24, 2.45) is 0 Å². The van der Waals surface area contributed by atoms with Crippen LogP contribution in [0.4, 0.5) is 5.69 Å². The van der Waals surface area contributed by atoms with E-state index in [1.807, 2.05) is 0 Å². The molecular weight excluding hydrogens is 206 g/mol. The monoisotopic (exact) mass is 221 g/mol. The summed E-state index contributed by atoms with van der Waals surface area (Å²) in [5, 5.41) is 9.66. The van der Waals surface area contributed by atoms with Gasteiger partial charge in [0, 0.05) is 19.2 Å². The zero-order chi connectivity index (χ0) is 11.5. The van der Waals surface area contributed by atoms with E-state index in [9.17, 15) is 9.90 Å². The maximum Gasteiger partial charge on any atom is 0.153 e. The zero-order valence-corrected chi connectivity index (χ0v) is 9.27. The van der Waals surface area contributed by atoms with Crippen molar-refractivity contribution in [1.29, 1.82) is 0 Å². The molecule has 0 radical (unpaired) electrons. The number of carbonyl (C=O) groups excluding carboxylic acids is 1. The molecular formula is C12H15NO3. The van der Waals surface area contributed by atoms with Gasteiger partial charge in [0.05, 0.1) is 18.4 Å². The van der Waals surface area contributed by atoms with Gasteiger partial charge < -0.3 is 14.7 Å². The summed E-state index contributed by atoms with van der Waals surface area (Å²) in [5.41, 5.74) is 1.13. The summed E-state index contributed by atoms with van der Waals surface area (Å²) >= 11 is 0. The number of aromatic hydroxyl groups is 1. The van der Waals surface area contributed by atoms with Crippen molar-refractivity contribution in [3.63, 3.8) is 0 Å². The van der Waals surface area contributed by atoms with Crippen LogP contribution in [0.15, 0.2) is 12.1 Å². The van der Waals surface area contributed by atoms with Crippen molar-refractivity contribution in [1.82, 2.24) is 0 Å². The minimum Gasteiger partial charge on any atom is -0.507 e. The molecule has 1 aliphatic rings. The number of hydrogen-bond acceptors (Lipinski definition) is 4. The molecule has 1 saturated heterocycles. The number of carbonyl (C=O) groups is 1. The summed E-state index contributed by atoms with van der Waals surface area (Å²) < 4.78 is 5.24. The van der Waals surface area contributed by atoms with E-state index in [4.69, 9.17) is 4.74 Å². The second-order valence-electron chi connectivity index (χ2n) is 3.89. The number of benzene rings is 1. The Morgan fingerprint density at radius 3 is 2.62 bits per heavy atom. The highest BCUT2D eigenvalue weighted by Crippen LogP contribution is 2.35. The van der Waals surface area contributed by atoms with Gasteiger partial charge in [-0.25, -0.2) is 0 Å². The number of methoxy groups -OCH3 is 1. The number of phenolic OH excluding ortho intramolecular Hbond substituents is 1. The van der Waals surface area contributed by atoms with Crippen molar-refractivity contribution in [3.05, 3.63) is 17.7 Å². The number of ether oxygens (including phenoxy) is 1. The molecule has 0 aliphatic carbocycles. The van der Waals surface area contributed by atoms with E-state index in [1.54, 1.807) is 19.2 Å². The lowest BCUT2D eigenvalue weighted by molar-refractivity contribution is 0.112. The summed E-state index contributed by atoms with van der Waals surface area (Å²) in [6, 6.07) is 3.18. The summed E-state index contributed by atoms with van der Waals surface area (Å²) in [6.07, 6.45) is 2.93. The van der Waals surface area contributed by atoms with Crippen LogP contribution in [-0.2, 0) is 0 Å². The molecule has 0 spiro atoms. The largest absolute Gasteiger partial charge is 0.507 e. The summed E-state index contributed by atoms with van der Waals surface area (Å²) in [4.78, 5) is 12.9. The van der Waals surface area contributed by atoms with E-state index in [0.717, 1.165) is 31.6 Å². The molecule has 1 N–H and O–H groups in total. The molecule has 0 saturated carbocycles. The number of hydrogen-bond donors (Lipinski definition) is 1. The molecule has 2 rings (SSSR count). The van der Waals surface area contributed by atoms with Gasteiger partial charge in [0.1, 0.15) is 11.5 Å². The van der Waals surface area contributed by atoms with Gasteiger partial charge in [-0.3, -0.25) is 4.79 Å². The maximum absolute atomic E-state index is 10.7. The smallest absolute Gasteiger partial charge is 0.153 e. The first-order chi connectivity index (χ1) is 7.76. The Kier molecular flexibility index (Phi) is 2.99. The Hall–Kier alpha value is -1.71. The Labute approximate surface area is 94.4 Å². The third-order valence-electron chi connectivity index (χ3n) is 2.90. The highest BCUT2D eigenvalue weighted by atomic mass is 16.5.